The molecule has 3 nitrogen and oxygen atoms in total. The maximum atomic E-state index is 12.1. The first-order valence-corrected chi connectivity index (χ1v) is 10.4. The fourth-order valence-electron chi connectivity index (χ4n) is 3.79. The van der Waals surface area contributed by atoms with Crippen LogP contribution in [0.5, 0.6) is 0 Å². The van der Waals surface area contributed by atoms with Gasteiger partial charge in [-0.15, -0.1) is 11.3 Å². The van der Waals surface area contributed by atoms with Crippen molar-refractivity contribution in [2.24, 2.45) is 5.73 Å². The van der Waals surface area contributed by atoms with E-state index in [-0.39, 0.29) is 0 Å². The predicted molar refractivity (Wildman–Crippen MR) is 121 cm³/mol. The smallest absolute Gasteiger partial charge is 0.249 e. The number of hydrogen-bond acceptors (Lipinski definition) is 2. The highest BCUT2D eigenvalue weighted by molar-refractivity contribution is 7.13. The molecule has 0 unspecified atom stereocenters. The molecule has 0 atom stereocenters. The third kappa shape index (κ3) is 3.11. The molecule has 0 saturated carbocycles. The summed E-state index contributed by atoms with van der Waals surface area (Å²) in [6, 6.07) is 25.2. The highest BCUT2D eigenvalue weighted by Gasteiger charge is 2.17. The minimum Gasteiger partial charge on any atom is -0.366 e. The summed E-state index contributed by atoms with van der Waals surface area (Å²) in [6.45, 7) is 0.654. The summed E-state index contributed by atoms with van der Waals surface area (Å²) in [6.07, 6.45) is 0. The Kier molecular flexibility index (Phi) is 4.38. The van der Waals surface area contributed by atoms with E-state index in [9.17, 15) is 4.79 Å². The van der Waals surface area contributed by atoms with Gasteiger partial charge in [-0.05, 0) is 65.0 Å². The van der Waals surface area contributed by atoms with Crippen molar-refractivity contribution in [3.05, 3.63) is 94.3 Å². The molecule has 5 heteroatoms. The van der Waals surface area contributed by atoms with Crippen molar-refractivity contribution in [1.29, 1.82) is 0 Å². The molecule has 0 aliphatic heterocycles. The van der Waals surface area contributed by atoms with Crippen molar-refractivity contribution < 1.29 is 4.79 Å². The number of nitrogens with zero attached hydrogens (tertiary/aromatic N) is 1. The van der Waals surface area contributed by atoms with Crippen molar-refractivity contribution in [2.45, 2.75) is 6.54 Å². The van der Waals surface area contributed by atoms with Gasteiger partial charge >= 0.3 is 0 Å². The highest BCUT2D eigenvalue weighted by Crippen LogP contribution is 2.35. The van der Waals surface area contributed by atoms with Crippen LogP contribution < -0.4 is 5.73 Å². The standard InChI is InChI=1S/C24H16ClN2OS/c25-17-9-6-15(7-10-17)14-27-20-4-1-3-19(24(26)28)23(20)18-11-8-16(13-21(18)27)22-5-2-12-29-22/h1-10,12-13H,14H2,(H2,26,28). The molecule has 141 valence electrons. The van der Waals surface area contributed by atoms with Gasteiger partial charge in [0.25, 0.3) is 0 Å². The predicted octanol–water partition coefficient (Wildman–Crippen LogP) is 6.12. The Labute approximate surface area is 177 Å². The van der Waals surface area contributed by atoms with E-state index in [2.05, 4.69) is 28.1 Å². The summed E-state index contributed by atoms with van der Waals surface area (Å²) >= 11 is 7.75. The third-order valence-electron chi connectivity index (χ3n) is 5.12. The van der Waals surface area contributed by atoms with Crippen LogP contribution in [-0.4, -0.2) is 10.5 Å². The third-order valence-corrected chi connectivity index (χ3v) is 6.29. The Hall–Kier alpha value is -3.08. The number of aromatic nitrogens is 1. The number of carbonyl (C=O) groups excluding carboxylic acids is 1. The van der Waals surface area contributed by atoms with Crippen molar-refractivity contribution >= 4 is 50.7 Å². The molecule has 1 amide bonds. The topological polar surface area (TPSA) is 48.0 Å². The first-order chi connectivity index (χ1) is 14.1. The summed E-state index contributed by atoms with van der Waals surface area (Å²) in [5.74, 6) is -0.433. The lowest BCUT2D eigenvalue weighted by Gasteiger charge is -2.09. The largest absolute Gasteiger partial charge is 0.366 e. The van der Waals surface area contributed by atoms with Crippen LogP contribution in [0, 0.1) is 6.07 Å². The number of rotatable bonds is 4. The first kappa shape index (κ1) is 18.0. The fourth-order valence-corrected chi connectivity index (χ4v) is 4.63. The van der Waals surface area contributed by atoms with Crippen molar-refractivity contribution in [2.75, 3.05) is 0 Å². The van der Waals surface area contributed by atoms with Crippen LogP contribution in [0.4, 0.5) is 0 Å². The average molecular weight is 416 g/mol. The monoisotopic (exact) mass is 415 g/mol. The zero-order chi connectivity index (χ0) is 20.0. The van der Waals surface area contributed by atoms with Gasteiger partial charge in [-0.25, -0.2) is 0 Å². The zero-order valence-corrected chi connectivity index (χ0v) is 16.9. The SMILES string of the molecule is NC(=O)c1cccc2c1c1[c]cc(-c3cccs3)cc1n2Cc1ccc(Cl)cc1. The molecular weight excluding hydrogens is 400 g/mol. The van der Waals surface area contributed by atoms with Crippen LogP contribution >= 0.6 is 22.9 Å². The fraction of sp³-hybridized carbons (Fsp3) is 0.0417. The molecule has 0 spiro atoms. The number of amides is 1. The average Bonchev–Trinajstić information content (AvgIpc) is 3.36. The maximum absolute atomic E-state index is 12.1. The second-order valence-electron chi connectivity index (χ2n) is 6.90. The summed E-state index contributed by atoms with van der Waals surface area (Å²) in [5.41, 5.74) is 10.4. The van der Waals surface area contributed by atoms with E-state index in [0.29, 0.717) is 17.1 Å². The normalized spacial score (nSPS) is 11.3. The maximum Gasteiger partial charge on any atom is 0.249 e. The van der Waals surface area contributed by atoms with E-state index in [4.69, 9.17) is 17.3 Å². The zero-order valence-electron chi connectivity index (χ0n) is 15.4. The van der Waals surface area contributed by atoms with Gasteiger partial charge in [-0.2, -0.15) is 0 Å². The molecule has 5 aromatic rings. The molecule has 29 heavy (non-hydrogen) atoms. The lowest BCUT2D eigenvalue weighted by Crippen LogP contribution is -2.11. The van der Waals surface area contributed by atoms with Gasteiger partial charge in [-0.1, -0.05) is 35.9 Å². The van der Waals surface area contributed by atoms with Gasteiger partial charge in [0, 0.05) is 32.8 Å². The number of benzene rings is 3. The van der Waals surface area contributed by atoms with Gasteiger partial charge < -0.3 is 10.3 Å². The summed E-state index contributed by atoms with van der Waals surface area (Å²) in [4.78, 5) is 13.3. The minimum absolute atomic E-state index is 0.433. The van der Waals surface area contributed by atoms with Crippen LogP contribution in [-0.2, 0) is 6.54 Å². The molecule has 1 radical (unpaired) electrons. The molecule has 2 heterocycles. The number of nitrogens with two attached hydrogens (primary N) is 1. The number of fused-ring (bicyclic) bond motifs is 3. The molecular formula is C24H16ClN2OS. The van der Waals surface area contributed by atoms with Gasteiger partial charge in [0.2, 0.25) is 5.91 Å². The highest BCUT2D eigenvalue weighted by atomic mass is 35.5. The number of hydrogen-bond donors (Lipinski definition) is 1. The van der Waals surface area contributed by atoms with Crippen LogP contribution in [0.3, 0.4) is 0 Å². The second-order valence-corrected chi connectivity index (χ2v) is 8.29. The van der Waals surface area contributed by atoms with E-state index in [1.165, 1.54) is 4.88 Å². The number of carbonyl (C=O) groups is 1. The van der Waals surface area contributed by atoms with Gasteiger partial charge in [0.05, 0.1) is 11.0 Å². The lowest BCUT2D eigenvalue weighted by atomic mass is 10.0. The molecule has 0 saturated heterocycles. The Balaban J connectivity index is 1.81. The number of halogens is 1. The Morgan fingerprint density at radius 1 is 1.07 bits per heavy atom. The van der Waals surface area contributed by atoms with Crippen LogP contribution in [0.15, 0.2) is 72.1 Å². The van der Waals surface area contributed by atoms with Crippen molar-refractivity contribution in [1.82, 2.24) is 4.57 Å². The molecule has 0 fully saturated rings. The first-order valence-electron chi connectivity index (χ1n) is 9.16. The van der Waals surface area contributed by atoms with Gasteiger partial charge in [0.1, 0.15) is 0 Å². The molecule has 3 aromatic carbocycles. The molecule has 5 rings (SSSR count). The van der Waals surface area contributed by atoms with Gasteiger partial charge in [-0.3, -0.25) is 4.79 Å². The van der Waals surface area contributed by atoms with Crippen molar-refractivity contribution in [3.8, 4) is 10.4 Å². The lowest BCUT2D eigenvalue weighted by molar-refractivity contribution is 0.100. The van der Waals surface area contributed by atoms with E-state index in [1.807, 2.05) is 48.5 Å². The molecule has 2 N–H and O–H groups in total. The Bertz CT molecular complexity index is 1350. The molecule has 0 bridgehead atoms. The molecule has 0 aliphatic rings. The van der Waals surface area contributed by atoms with Gasteiger partial charge in [0.15, 0.2) is 0 Å². The number of thiophene rings is 1. The second kappa shape index (κ2) is 7.07. The van der Waals surface area contributed by atoms with E-state index < -0.39 is 5.91 Å². The van der Waals surface area contributed by atoms with Crippen molar-refractivity contribution in [3.63, 3.8) is 0 Å². The number of primary amides is 1. The molecule has 2 aromatic heterocycles. The van der Waals surface area contributed by atoms with Crippen LogP contribution in [0.2, 0.25) is 5.02 Å². The Morgan fingerprint density at radius 2 is 1.90 bits per heavy atom. The summed E-state index contributed by atoms with van der Waals surface area (Å²) < 4.78 is 2.22. The van der Waals surface area contributed by atoms with E-state index >= 15 is 0 Å². The van der Waals surface area contributed by atoms with E-state index in [1.54, 1.807) is 17.4 Å². The minimum atomic E-state index is -0.433. The Morgan fingerprint density at radius 3 is 2.62 bits per heavy atom. The molecule has 0 aliphatic carbocycles. The summed E-state index contributed by atoms with van der Waals surface area (Å²) in [7, 11) is 0. The van der Waals surface area contributed by atoms with E-state index in [0.717, 1.165) is 32.9 Å². The summed E-state index contributed by atoms with van der Waals surface area (Å²) in [5, 5.41) is 4.53. The van der Waals surface area contributed by atoms with Crippen LogP contribution in [0.25, 0.3) is 32.2 Å². The van der Waals surface area contributed by atoms with Crippen LogP contribution in [0.1, 0.15) is 15.9 Å². The quantitative estimate of drug-likeness (QED) is 0.377.